The molecule has 28 heavy (non-hydrogen) atoms. The Kier molecular flexibility index (Phi) is 5.13. The standard InChI is InChI=1S/C22H26N4O2/c1-23-21(28)22-12-19(25-20(27)17-7-9-24-10-8-17)11-18(22)14-26(15-22)13-16-5-3-2-4-6-16/h2-10,18-19H,11-15H2,1H3,(H,23,28)(H,25,27)/t18-,19-,22-/m0/s1. The molecule has 2 heterocycles. The van der Waals surface area contributed by atoms with Crippen LogP contribution in [0.15, 0.2) is 54.9 Å². The molecule has 1 aromatic carbocycles. The molecule has 1 saturated carbocycles. The number of aromatic nitrogens is 1. The van der Waals surface area contributed by atoms with Gasteiger partial charge in [0.25, 0.3) is 5.91 Å². The Morgan fingerprint density at radius 1 is 1.18 bits per heavy atom. The average Bonchev–Trinajstić information content (AvgIpc) is 3.22. The van der Waals surface area contributed by atoms with Gasteiger partial charge in [0.15, 0.2) is 0 Å². The summed E-state index contributed by atoms with van der Waals surface area (Å²) in [7, 11) is 1.71. The lowest BCUT2D eigenvalue weighted by Gasteiger charge is -2.27. The van der Waals surface area contributed by atoms with Gasteiger partial charge in [0, 0.05) is 50.7 Å². The van der Waals surface area contributed by atoms with Gasteiger partial charge in [-0.05, 0) is 36.5 Å². The fraction of sp³-hybridized carbons (Fsp3) is 0.409. The molecule has 1 saturated heterocycles. The van der Waals surface area contributed by atoms with Gasteiger partial charge in [-0.15, -0.1) is 0 Å². The number of fused-ring (bicyclic) bond motifs is 1. The summed E-state index contributed by atoms with van der Waals surface area (Å²) in [5.74, 6) is 0.244. The lowest BCUT2D eigenvalue weighted by atomic mass is 9.80. The highest BCUT2D eigenvalue weighted by Gasteiger charge is 2.57. The number of benzene rings is 1. The lowest BCUT2D eigenvalue weighted by Crippen LogP contribution is -2.44. The minimum atomic E-state index is -0.431. The molecular formula is C22H26N4O2. The van der Waals surface area contributed by atoms with E-state index >= 15 is 0 Å². The molecule has 146 valence electrons. The van der Waals surface area contributed by atoms with Gasteiger partial charge < -0.3 is 10.6 Å². The van der Waals surface area contributed by atoms with Crippen molar-refractivity contribution in [2.45, 2.75) is 25.4 Å². The molecule has 2 aliphatic rings. The van der Waals surface area contributed by atoms with E-state index in [4.69, 9.17) is 0 Å². The van der Waals surface area contributed by atoms with Crippen LogP contribution < -0.4 is 10.6 Å². The van der Waals surface area contributed by atoms with Crippen molar-refractivity contribution in [2.24, 2.45) is 11.3 Å². The van der Waals surface area contributed by atoms with Gasteiger partial charge in [-0.2, -0.15) is 0 Å². The largest absolute Gasteiger partial charge is 0.359 e. The van der Waals surface area contributed by atoms with E-state index in [0.717, 1.165) is 26.1 Å². The average molecular weight is 378 g/mol. The predicted octanol–water partition coefficient (Wildman–Crippen LogP) is 1.84. The van der Waals surface area contributed by atoms with E-state index in [-0.39, 0.29) is 23.8 Å². The number of rotatable bonds is 5. The van der Waals surface area contributed by atoms with Crippen molar-refractivity contribution in [3.8, 4) is 0 Å². The maximum Gasteiger partial charge on any atom is 0.251 e. The van der Waals surface area contributed by atoms with Crippen LogP contribution in [0.25, 0.3) is 0 Å². The fourth-order valence-corrected chi connectivity index (χ4v) is 4.92. The molecule has 3 atom stereocenters. The molecule has 0 radical (unpaired) electrons. The second kappa shape index (κ2) is 7.72. The van der Waals surface area contributed by atoms with Crippen LogP contribution >= 0.6 is 0 Å². The minimum absolute atomic E-state index is 0.0156. The Hall–Kier alpha value is -2.73. The third-order valence-corrected chi connectivity index (χ3v) is 6.15. The van der Waals surface area contributed by atoms with E-state index in [2.05, 4.69) is 32.7 Å². The molecule has 6 nitrogen and oxygen atoms in total. The summed E-state index contributed by atoms with van der Waals surface area (Å²) in [6.07, 6.45) is 4.74. The molecule has 2 amide bonds. The van der Waals surface area contributed by atoms with Gasteiger partial charge in [0.1, 0.15) is 0 Å². The zero-order chi connectivity index (χ0) is 19.6. The first-order valence-corrected chi connectivity index (χ1v) is 9.80. The summed E-state index contributed by atoms with van der Waals surface area (Å²) in [6, 6.07) is 13.8. The quantitative estimate of drug-likeness (QED) is 0.833. The van der Waals surface area contributed by atoms with E-state index in [1.54, 1.807) is 31.6 Å². The van der Waals surface area contributed by atoms with E-state index in [9.17, 15) is 9.59 Å². The molecule has 1 aromatic heterocycles. The number of amides is 2. The van der Waals surface area contributed by atoms with Crippen LogP contribution in [0.2, 0.25) is 0 Å². The van der Waals surface area contributed by atoms with Crippen LogP contribution in [0.4, 0.5) is 0 Å². The van der Waals surface area contributed by atoms with Crippen LogP contribution in [0.3, 0.4) is 0 Å². The Bertz CT molecular complexity index is 842. The molecule has 1 aliphatic carbocycles. The Balaban J connectivity index is 1.46. The van der Waals surface area contributed by atoms with Crippen molar-refractivity contribution in [2.75, 3.05) is 20.1 Å². The first kappa shape index (κ1) is 18.6. The lowest BCUT2D eigenvalue weighted by molar-refractivity contribution is -0.131. The number of pyridine rings is 1. The second-order valence-corrected chi connectivity index (χ2v) is 7.93. The fourth-order valence-electron chi connectivity index (χ4n) is 4.92. The van der Waals surface area contributed by atoms with Crippen molar-refractivity contribution < 1.29 is 9.59 Å². The molecule has 2 fully saturated rings. The minimum Gasteiger partial charge on any atom is -0.359 e. The number of carbonyl (C=O) groups is 2. The molecule has 1 aliphatic heterocycles. The molecular weight excluding hydrogens is 352 g/mol. The first-order chi connectivity index (χ1) is 13.6. The number of likely N-dealkylation sites (tertiary alicyclic amines) is 1. The van der Waals surface area contributed by atoms with Gasteiger partial charge in [0.05, 0.1) is 5.41 Å². The second-order valence-electron chi connectivity index (χ2n) is 7.93. The Morgan fingerprint density at radius 3 is 2.64 bits per heavy atom. The van der Waals surface area contributed by atoms with Crippen molar-refractivity contribution in [1.82, 2.24) is 20.5 Å². The smallest absolute Gasteiger partial charge is 0.251 e. The summed E-state index contributed by atoms with van der Waals surface area (Å²) in [6.45, 7) is 2.46. The summed E-state index contributed by atoms with van der Waals surface area (Å²) in [5.41, 5.74) is 1.43. The Morgan fingerprint density at radius 2 is 1.93 bits per heavy atom. The topological polar surface area (TPSA) is 74.3 Å². The van der Waals surface area contributed by atoms with Crippen LogP contribution in [-0.2, 0) is 11.3 Å². The van der Waals surface area contributed by atoms with Crippen molar-refractivity contribution >= 4 is 11.8 Å². The van der Waals surface area contributed by atoms with Gasteiger partial charge >= 0.3 is 0 Å². The third kappa shape index (κ3) is 3.52. The normalized spacial score (nSPS) is 26.6. The first-order valence-electron chi connectivity index (χ1n) is 9.80. The number of nitrogens with one attached hydrogen (secondary N) is 2. The molecule has 2 aromatic rings. The van der Waals surface area contributed by atoms with Crippen LogP contribution in [0, 0.1) is 11.3 Å². The summed E-state index contributed by atoms with van der Waals surface area (Å²) in [4.78, 5) is 31.7. The molecule has 0 spiro atoms. The molecule has 6 heteroatoms. The van der Waals surface area contributed by atoms with Crippen LogP contribution in [-0.4, -0.2) is 47.9 Å². The van der Waals surface area contributed by atoms with Crippen LogP contribution in [0.5, 0.6) is 0 Å². The van der Waals surface area contributed by atoms with Gasteiger partial charge in [0.2, 0.25) is 5.91 Å². The molecule has 4 rings (SSSR count). The zero-order valence-electron chi connectivity index (χ0n) is 16.1. The van der Waals surface area contributed by atoms with Crippen molar-refractivity contribution in [1.29, 1.82) is 0 Å². The molecule has 0 bridgehead atoms. The highest BCUT2D eigenvalue weighted by molar-refractivity contribution is 5.94. The zero-order valence-corrected chi connectivity index (χ0v) is 16.1. The van der Waals surface area contributed by atoms with Gasteiger partial charge in [-0.1, -0.05) is 30.3 Å². The van der Waals surface area contributed by atoms with Gasteiger partial charge in [-0.3, -0.25) is 19.5 Å². The number of hydrogen-bond donors (Lipinski definition) is 2. The molecule has 0 unspecified atom stereocenters. The maximum atomic E-state index is 12.9. The summed E-state index contributed by atoms with van der Waals surface area (Å²) >= 11 is 0. The Labute approximate surface area is 165 Å². The number of nitrogens with zero attached hydrogens (tertiary/aromatic N) is 2. The van der Waals surface area contributed by atoms with E-state index in [0.29, 0.717) is 12.0 Å². The van der Waals surface area contributed by atoms with Crippen molar-refractivity contribution in [3.05, 3.63) is 66.0 Å². The molecule has 2 N–H and O–H groups in total. The highest BCUT2D eigenvalue weighted by Crippen LogP contribution is 2.49. The van der Waals surface area contributed by atoms with Crippen LogP contribution in [0.1, 0.15) is 28.8 Å². The number of hydrogen-bond acceptors (Lipinski definition) is 4. The van der Waals surface area contributed by atoms with E-state index < -0.39 is 5.41 Å². The summed E-state index contributed by atoms with van der Waals surface area (Å²) in [5, 5.41) is 6.00. The summed E-state index contributed by atoms with van der Waals surface area (Å²) < 4.78 is 0. The van der Waals surface area contributed by atoms with E-state index in [1.807, 2.05) is 18.2 Å². The highest BCUT2D eigenvalue weighted by atomic mass is 16.2. The van der Waals surface area contributed by atoms with Gasteiger partial charge in [-0.25, -0.2) is 0 Å². The monoisotopic (exact) mass is 378 g/mol. The third-order valence-electron chi connectivity index (χ3n) is 6.15. The SMILES string of the molecule is CNC(=O)[C@]12C[C@@H](NC(=O)c3ccncc3)C[C@H]1CN(Cc1ccccc1)C2. The van der Waals surface area contributed by atoms with E-state index in [1.165, 1.54) is 5.56 Å². The number of carbonyl (C=O) groups excluding carboxylic acids is 2. The maximum absolute atomic E-state index is 12.9. The predicted molar refractivity (Wildman–Crippen MR) is 106 cm³/mol. The van der Waals surface area contributed by atoms with Crippen molar-refractivity contribution in [3.63, 3.8) is 0 Å².